The fraction of sp³-hybridized carbons (Fsp3) is 0.143. The van der Waals surface area contributed by atoms with Crippen molar-refractivity contribution in [2.75, 3.05) is 5.75 Å². The van der Waals surface area contributed by atoms with Crippen LogP contribution in [-0.2, 0) is 4.79 Å². The van der Waals surface area contributed by atoms with Gasteiger partial charge in [-0.25, -0.2) is 0 Å². The number of thioether (sulfide) groups is 1. The Morgan fingerprint density at radius 1 is 1.35 bits per heavy atom. The van der Waals surface area contributed by atoms with E-state index < -0.39 is 0 Å². The van der Waals surface area contributed by atoms with Crippen molar-refractivity contribution in [3.05, 3.63) is 48.3 Å². The van der Waals surface area contributed by atoms with E-state index in [0.717, 1.165) is 16.7 Å². The molecule has 0 atom stereocenters. The second-order valence-electron chi connectivity index (χ2n) is 3.69. The van der Waals surface area contributed by atoms with Gasteiger partial charge in [0.05, 0.1) is 0 Å². The molecule has 0 bridgehead atoms. The average molecular weight is 243 g/mol. The van der Waals surface area contributed by atoms with Crippen LogP contribution in [0.5, 0.6) is 0 Å². The number of fused-ring (bicyclic) bond motifs is 1. The minimum atomic E-state index is 0.152. The number of benzene rings is 1. The molecule has 17 heavy (non-hydrogen) atoms. The summed E-state index contributed by atoms with van der Waals surface area (Å²) in [6.07, 6.45) is 7.69. The summed E-state index contributed by atoms with van der Waals surface area (Å²) in [6.45, 7) is 1.58. The van der Waals surface area contributed by atoms with Gasteiger partial charge in [-0.3, -0.25) is 9.78 Å². The van der Waals surface area contributed by atoms with Crippen molar-refractivity contribution in [3.8, 4) is 0 Å². The molecular formula is C14H13NOS. The Morgan fingerprint density at radius 3 is 3.06 bits per heavy atom. The average Bonchev–Trinajstić information content (AvgIpc) is 2.34. The van der Waals surface area contributed by atoms with Gasteiger partial charge in [0.25, 0.3) is 0 Å². The number of carbonyl (C=O) groups is 1. The maximum atomic E-state index is 10.8. The van der Waals surface area contributed by atoms with Gasteiger partial charge in [0.2, 0.25) is 0 Å². The van der Waals surface area contributed by atoms with Gasteiger partial charge in [0, 0.05) is 30.5 Å². The minimum absolute atomic E-state index is 0.152. The molecule has 2 nitrogen and oxygen atoms in total. The van der Waals surface area contributed by atoms with Crippen LogP contribution in [0, 0.1) is 0 Å². The molecule has 0 aliphatic carbocycles. The quantitative estimate of drug-likeness (QED) is 0.826. The maximum Gasteiger partial charge on any atom is 0.186 e. The summed E-state index contributed by atoms with van der Waals surface area (Å²) in [7, 11) is 0. The predicted octanol–water partition coefficient (Wildman–Crippen LogP) is 3.53. The molecule has 0 amide bonds. The Hall–Kier alpha value is -1.61. The van der Waals surface area contributed by atoms with E-state index in [4.69, 9.17) is 0 Å². The second kappa shape index (κ2) is 5.64. The third-order valence-electron chi connectivity index (χ3n) is 2.36. The smallest absolute Gasteiger partial charge is 0.186 e. The van der Waals surface area contributed by atoms with Crippen LogP contribution >= 0.6 is 11.8 Å². The Morgan fingerprint density at radius 2 is 2.24 bits per heavy atom. The van der Waals surface area contributed by atoms with Gasteiger partial charge in [-0.15, -0.1) is 0 Å². The van der Waals surface area contributed by atoms with Crippen molar-refractivity contribution in [2.24, 2.45) is 0 Å². The monoisotopic (exact) mass is 243 g/mol. The van der Waals surface area contributed by atoms with Gasteiger partial charge in [-0.2, -0.15) is 0 Å². The summed E-state index contributed by atoms with van der Waals surface area (Å²) in [5.41, 5.74) is 1.15. The van der Waals surface area contributed by atoms with Crippen LogP contribution in [0.1, 0.15) is 12.5 Å². The van der Waals surface area contributed by atoms with E-state index in [1.807, 2.05) is 24.4 Å². The van der Waals surface area contributed by atoms with E-state index >= 15 is 0 Å². The molecule has 0 spiro atoms. The SMILES string of the molecule is CC(=O)SCC=Cc1ccc2cnccc2c1. The predicted molar refractivity (Wildman–Crippen MR) is 73.9 cm³/mol. The second-order valence-corrected chi connectivity index (χ2v) is 4.88. The molecule has 1 aromatic carbocycles. The highest BCUT2D eigenvalue weighted by atomic mass is 32.2. The van der Waals surface area contributed by atoms with Crippen molar-refractivity contribution in [1.82, 2.24) is 4.98 Å². The molecule has 86 valence electrons. The fourth-order valence-corrected chi connectivity index (χ4v) is 1.98. The Labute approximate surface area is 105 Å². The number of nitrogens with zero attached hydrogens (tertiary/aromatic N) is 1. The summed E-state index contributed by atoms with van der Waals surface area (Å²) < 4.78 is 0. The highest BCUT2D eigenvalue weighted by molar-refractivity contribution is 8.13. The number of hydrogen-bond acceptors (Lipinski definition) is 3. The lowest BCUT2D eigenvalue weighted by Gasteiger charge is -1.98. The number of pyridine rings is 1. The largest absolute Gasteiger partial charge is 0.288 e. The minimum Gasteiger partial charge on any atom is -0.288 e. The van der Waals surface area contributed by atoms with E-state index in [0.29, 0.717) is 0 Å². The normalized spacial score (nSPS) is 11.1. The van der Waals surface area contributed by atoms with Crippen molar-refractivity contribution in [3.63, 3.8) is 0 Å². The van der Waals surface area contributed by atoms with E-state index in [9.17, 15) is 4.79 Å². The molecule has 0 N–H and O–H groups in total. The van der Waals surface area contributed by atoms with Gasteiger partial charge in [0.15, 0.2) is 5.12 Å². The van der Waals surface area contributed by atoms with Crippen molar-refractivity contribution in [2.45, 2.75) is 6.92 Å². The highest BCUT2D eigenvalue weighted by Crippen LogP contribution is 2.15. The summed E-state index contributed by atoms with van der Waals surface area (Å²) in [6, 6.07) is 8.22. The molecule has 0 radical (unpaired) electrons. The zero-order chi connectivity index (χ0) is 12.1. The van der Waals surface area contributed by atoms with Crippen LogP contribution in [0.2, 0.25) is 0 Å². The van der Waals surface area contributed by atoms with E-state index in [2.05, 4.69) is 23.2 Å². The molecule has 1 heterocycles. The van der Waals surface area contributed by atoms with E-state index in [1.54, 1.807) is 13.1 Å². The summed E-state index contributed by atoms with van der Waals surface area (Å²) in [5, 5.41) is 2.48. The lowest BCUT2D eigenvalue weighted by atomic mass is 10.1. The van der Waals surface area contributed by atoms with Gasteiger partial charge >= 0.3 is 0 Å². The fourth-order valence-electron chi connectivity index (χ4n) is 1.56. The zero-order valence-electron chi connectivity index (χ0n) is 9.59. The zero-order valence-corrected chi connectivity index (χ0v) is 10.4. The first-order valence-electron chi connectivity index (χ1n) is 5.39. The summed E-state index contributed by atoms with van der Waals surface area (Å²) in [4.78, 5) is 14.8. The van der Waals surface area contributed by atoms with Crippen LogP contribution in [0.4, 0.5) is 0 Å². The molecule has 2 aromatic rings. The van der Waals surface area contributed by atoms with Crippen molar-refractivity contribution in [1.29, 1.82) is 0 Å². The molecular weight excluding hydrogens is 230 g/mol. The van der Waals surface area contributed by atoms with Gasteiger partial charge in [-0.05, 0) is 23.1 Å². The lowest BCUT2D eigenvalue weighted by molar-refractivity contribution is -0.109. The third-order valence-corrected chi connectivity index (χ3v) is 3.12. The summed E-state index contributed by atoms with van der Waals surface area (Å²) in [5.74, 6) is 0.726. The Kier molecular flexibility index (Phi) is 3.94. The van der Waals surface area contributed by atoms with Crippen LogP contribution in [0.15, 0.2) is 42.7 Å². The van der Waals surface area contributed by atoms with Crippen molar-refractivity contribution >= 4 is 33.7 Å². The van der Waals surface area contributed by atoms with Crippen molar-refractivity contribution < 1.29 is 4.79 Å². The standard InChI is InChI=1S/C14H13NOS/c1-11(16)17-8-2-3-12-4-5-14-10-15-7-6-13(14)9-12/h2-7,9-10H,8H2,1H3. The maximum absolute atomic E-state index is 10.8. The van der Waals surface area contributed by atoms with Crippen LogP contribution in [-0.4, -0.2) is 15.9 Å². The molecule has 0 aliphatic heterocycles. The molecule has 2 rings (SSSR count). The first-order chi connectivity index (χ1) is 8.25. The number of hydrogen-bond donors (Lipinski definition) is 0. The topological polar surface area (TPSA) is 30.0 Å². The Bertz CT molecular complexity index is 563. The third kappa shape index (κ3) is 3.43. The Balaban J connectivity index is 2.11. The molecule has 3 heteroatoms. The number of aromatic nitrogens is 1. The van der Waals surface area contributed by atoms with Crippen LogP contribution in [0.3, 0.4) is 0 Å². The van der Waals surface area contributed by atoms with Gasteiger partial charge in [0.1, 0.15) is 0 Å². The molecule has 1 aromatic heterocycles. The number of rotatable bonds is 3. The van der Waals surface area contributed by atoms with Crippen LogP contribution < -0.4 is 0 Å². The molecule has 0 aliphatic rings. The molecule has 0 saturated carbocycles. The summed E-state index contributed by atoms with van der Waals surface area (Å²) >= 11 is 1.32. The molecule has 0 unspecified atom stereocenters. The number of carbonyl (C=O) groups excluding carboxylic acids is 1. The molecule has 0 saturated heterocycles. The molecule has 0 fully saturated rings. The lowest BCUT2D eigenvalue weighted by Crippen LogP contribution is -1.82. The van der Waals surface area contributed by atoms with E-state index in [-0.39, 0.29) is 5.12 Å². The first-order valence-corrected chi connectivity index (χ1v) is 6.38. The van der Waals surface area contributed by atoms with Crippen LogP contribution in [0.25, 0.3) is 16.8 Å². The van der Waals surface area contributed by atoms with E-state index in [1.165, 1.54) is 17.1 Å². The highest BCUT2D eigenvalue weighted by Gasteiger charge is 1.94. The van der Waals surface area contributed by atoms with Gasteiger partial charge in [-0.1, -0.05) is 36.0 Å². The van der Waals surface area contributed by atoms with Gasteiger partial charge < -0.3 is 0 Å². The first kappa shape index (κ1) is 11.9.